The van der Waals surface area contributed by atoms with E-state index in [1.54, 1.807) is 36.4 Å². The van der Waals surface area contributed by atoms with Gasteiger partial charge in [0.05, 0.1) is 0 Å². The zero-order valence-electron chi connectivity index (χ0n) is 15.3. The van der Waals surface area contributed by atoms with Crippen LogP contribution in [0.25, 0.3) is 0 Å². The number of hydrogen-bond donors (Lipinski definition) is 1. The minimum absolute atomic E-state index is 0.000538. The minimum Gasteiger partial charge on any atom is -0.312 e. The Labute approximate surface area is 165 Å². The number of amidine groups is 1. The first-order valence-electron chi connectivity index (χ1n) is 8.78. The van der Waals surface area contributed by atoms with Crippen molar-refractivity contribution in [1.82, 2.24) is 10.2 Å². The molecule has 0 saturated heterocycles. The molecule has 0 aromatic heterocycles. The Kier molecular flexibility index (Phi) is 5.54. The van der Waals surface area contributed by atoms with E-state index < -0.39 is 23.7 Å². The van der Waals surface area contributed by atoms with Crippen molar-refractivity contribution in [2.45, 2.75) is 18.3 Å². The molecule has 0 saturated carbocycles. The van der Waals surface area contributed by atoms with Gasteiger partial charge in [-0.15, -0.1) is 6.58 Å². The third-order valence-corrected chi connectivity index (χ3v) is 4.42. The summed E-state index contributed by atoms with van der Waals surface area (Å²) in [5, 5.41) is 1.83. The standard InChI is InChI=1S/C21H18F3N3O2/c1-2-13-27-17(14-15-9-5-3-6-10-15)25-20(19(27)29,21(22,23)24)26-18(28)16-11-7-4-8-12-16/h2-12H,1,13-14H2,(H,26,28)/t20-/m1/s1. The molecule has 150 valence electrons. The lowest BCUT2D eigenvalue weighted by atomic mass is 10.1. The highest BCUT2D eigenvalue weighted by molar-refractivity contribution is 6.11. The fourth-order valence-electron chi connectivity index (χ4n) is 3.01. The second-order valence-corrected chi connectivity index (χ2v) is 6.42. The van der Waals surface area contributed by atoms with Gasteiger partial charge in [-0.25, -0.2) is 4.99 Å². The van der Waals surface area contributed by atoms with Gasteiger partial charge in [0, 0.05) is 18.5 Å². The van der Waals surface area contributed by atoms with Gasteiger partial charge in [0.2, 0.25) is 0 Å². The van der Waals surface area contributed by atoms with E-state index in [2.05, 4.69) is 11.6 Å². The number of benzene rings is 2. The maximum Gasteiger partial charge on any atom is 0.442 e. The van der Waals surface area contributed by atoms with E-state index in [-0.39, 0.29) is 24.4 Å². The van der Waals surface area contributed by atoms with Crippen molar-refractivity contribution in [1.29, 1.82) is 0 Å². The van der Waals surface area contributed by atoms with Gasteiger partial charge in [-0.1, -0.05) is 54.6 Å². The highest BCUT2D eigenvalue weighted by Gasteiger charge is 2.66. The molecule has 0 bridgehead atoms. The van der Waals surface area contributed by atoms with Crippen LogP contribution in [0.3, 0.4) is 0 Å². The largest absolute Gasteiger partial charge is 0.442 e. The summed E-state index contributed by atoms with van der Waals surface area (Å²) in [6.07, 6.45) is -3.82. The van der Waals surface area contributed by atoms with Crippen LogP contribution in [0.2, 0.25) is 0 Å². The van der Waals surface area contributed by atoms with Crippen molar-refractivity contribution in [2.24, 2.45) is 4.99 Å². The quantitative estimate of drug-likeness (QED) is 0.755. The normalized spacial score (nSPS) is 19.1. The minimum atomic E-state index is -5.13. The van der Waals surface area contributed by atoms with Crippen molar-refractivity contribution in [3.8, 4) is 0 Å². The van der Waals surface area contributed by atoms with Crippen LogP contribution in [0.4, 0.5) is 13.2 Å². The lowest BCUT2D eigenvalue weighted by Crippen LogP contribution is -2.63. The summed E-state index contributed by atoms with van der Waals surface area (Å²) in [6.45, 7) is 3.34. The van der Waals surface area contributed by atoms with Crippen molar-refractivity contribution in [3.63, 3.8) is 0 Å². The first kappa shape index (κ1) is 20.3. The summed E-state index contributed by atoms with van der Waals surface area (Å²) < 4.78 is 42.2. The number of amides is 2. The van der Waals surface area contributed by atoms with E-state index in [9.17, 15) is 22.8 Å². The maximum absolute atomic E-state index is 14.1. The summed E-state index contributed by atoms with van der Waals surface area (Å²) >= 11 is 0. The number of rotatable bonds is 6. The second-order valence-electron chi connectivity index (χ2n) is 6.42. The lowest BCUT2D eigenvalue weighted by Gasteiger charge is -2.29. The van der Waals surface area contributed by atoms with Gasteiger partial charge in [0.25, 0.3) is 11.8 Å². The Morgan fingerprint density at radius 1 is 1.10 bits per heavy atom. The molecule has 0 aliphatic carbocycles. The average Bonchev–Trinajstić information content (AvgIpc) is 2.96. The molecule has 1 N–H and O–H groups in total. The Morgan fingerprint density at radius 2 is 1.69 bits per heavy atom. The van der Waals surface area contributed by atoms with Crippen LogP contribution in [0.1, 0.15) is 15.9 Å². The first-order chi connectivity index (χ1) is 13.8. The molecular weight excluding hydrogens is 383 g/mol. The number of carbonyl (C=O) groups is 2. The molecule has 1 heterocycles. The summed E-state index contributed by atoms with van der Waals surface area (Å²) in [5.74, 6) is -2.49. The van der Waals surface area contributed by atoms with Gasteiger partial charge < -0.3 is 5.32 Å². The van der Waals surface area contributed by atoms with Crippen LogP contribution in [0.5, 0.6) is 0 Å². The molecular formula is C21H18F3N3O2. The zero-order chi connectivity index (χ0) is 21.1. The van der Waals surface area contributed by atoms with Gasteiger partial charge in [0.1, 0.15) is 5.84 Å². The molecule has 0 spiro atoms. The predicted octanol–water partition coefficient (Wildman–Crippen LogP) is 3.34. The molecule has 2 aromatic rings. The molecule has 1 aliphatic rings. The number of alkyl halides is 3. The number of nitrogens with zero attached hydrogens (tertiary/aromatic N) is 2. The number of carbonyl (C=O) groups excluding carboxylic acids is 2. The first-order valence-corrected chi connectivity index (χ1v) is 8.78. The molecule has 1 atom stereocenters. The van der Waals surface area contributed by atoms with Gasteiger partial charge >= 0.3 is 11.8 Å². The number of aliphatic imine (C=N–C) groups is 1. The molecule has 5 nitrogen and oxygen atoms in total. The van der Waals surface area contributed by atoms with Crippen molar-refractivity contribution in [3.05, 3.63) is 84.4 Å². The number of hydrogen-bond acceptors (Lipinski definition) is 3. The highest BCUT2D eigenvalue weighted by Crippen LogP contribution is 2.38. The maximum atomic E-state index is 14.1. The van der Waals surface area contributed by atoms with Crippen LogP contribution in [-0.2, 0) is 11.2 Å². The SMILES string of the molecule is C=CCN1C(=O)[C@@](NC(=O)c2ccccc2)(C(F)(F)F)N=C1Cc1ccccc1. The Bertz CT molecular complexity index is 943. The number of nitrogens with one attached hydrogen (secondary N) is 1. The highest BCUT2D eigenvalue weighted by atomic mass is 19.4. The van der Waals surface area contributed by atoms with E-state index in [0.717, 1.165) is 4.90 Å². The predicted molar refractivity (Wildman–Crippen MR) is 102 cm³/mol. The van der Waals surface area contributed by atoms with Gasteiger partial charge in [-0.2, -0.15) is 13.2 Å². The second kappa shape index (κ2) is 7.90. The van der Waals surface area contributed by atoms with Crippen LogP contribution in [-0.4, -0.2) is 40.9 Å². The third kappa shape index (κ3) is 3.91. The molecule has 0 radical (unpaired) electrons. The van der Waals surface area contributed by atoms with Crippen molar-refractivity contribution < 1.29 is 22.8 Å². The van der Waals surface area contributed by atoms with E-state index in [1.807, 2.05) is 5.32 Å². The zero-order valence-corrected chi connectivity index (χ0v) is 15.3. The topological polar surface area (TPSA) is 61.8 Å². The molecule has 0 fully saturated rings. The van der Waals surface area contributed by atoms with Crippen LogP contribution < -0.4 is 5.32 Å². The lowest BCUT2D eigenvalue weighted by molar-refractivity contribution is -0.196. The summed E-state index contributed by atoms with van der Waals surface area (Å²) in [5.41, 5.74) is -2.71. The van der Waals surface area contributed by atoms with E-state index in [1.165, 1.54) is 30.3 Å². The molecule has 3 rings (SSSR count). The fourth-order valence-corrected chi connectivity index (χ4v) is 3.01. The Balaban J connectivity index is 2.03. The molecule has 2 aromatic carbocycles. The van der Waals surface area contributed by atoms with Crippen molar-refractivity contribution >= 4 is 17.6 Å². The Hall–Kier alpha value is -3.42. The number of halogens is 3. The van der Waals surface area contributed by atoms with Crippen molar-refractivity contribution in [2.75, 3.05) is 6.54 Å². The molecule has 8 heteroatoms. The average molecular weight is 401 g/mol. The van der Waals surface area contributed by atoms with Crippen LogP contribution in [0.15, 0.2) is 78.3 Å². The molecule has 29 heavy (non-hydrogen) atoms. The summed E-state index contributed by atoms with van der Waals surface area (Å²) in [6, 6.07) is 16.0. The summed E-state index contributed by atoms with van der Waals surface area (Å²) in [4.78, 5) is 29.9. The molecule has 1 aliphatic heterocycles. The molecule has 2 amide bonds. The summed E-state index contributed by atoms with van der Waals surface area (Å²) in [7, 11) is 0. The molecule has 0 unspecified atom stereocenters. The third-order valence-electron chi connectivity index (χ3n) is 4.42. The van der Waals surface area contributed by atoms with E-state index in [4.69, 9.17) is 0 Å². The van der Waals surface area contributed by atoms with Gasteiger partial charge in [-0.05, 0) is 17.7 Å². The van der Waals surface area contributed by atoms with E-state index in [0.29, 0.717) is 5.56 Å². The van der Waals surface area contributed by atoms with Crippen LogP contribution >= 0.6 is 0 Å². The van der Waals surface area contributed by atoms with Crippen LogP contribution in [0, 0.1) is 0 Å². The monoisotopic (exact) mass is 401 g/mol. The van der Waals surface area contributed by atoms with Gasteiger partial charge in [-0.3, -0.25) is 14.5 Å². The fraction of sp³-hybridized carbons (Fsp3) is 0.190. The van der Waals surface area contributed by atoms with Gasteiger partial charge in [0.15, 0.2) is 0 Å². The Morgan fingerprint density at radius 3 is 2.24 bits per heavy atom. The smallest absolute Gasteiger partial charge is 0.312 e. The van der Waals surface area contributed by atoms with E-state index >= 15 is 0 Å².